The number of amides is 2. The van der Waals surface area contributed by atoms with Crippen LogP contribution in [0.1, 0.15) is 31.8 Å². The predicted molar refractivity (Wildman–Crippen MR) is 169 cm³/mol. The van der Waals surface area contributed by atoms with Gasteiger partial charge in [0.2, 0.25) is 31.9 Å². The van der Waals surface area contributed by atoms with Gasteiger partial charge in [-0.3, -0.25) is 9.59 Å². The van der Waals surface area contributed by atoms with Gasteiger partial charge in [-0.15, -0.1) is 0 Å². The molecule has 0 radical (unpaired) electrons. The van der Waals surface area contributed by atoms with Crippen LogP contribution in [0, 0.1) is 0 Å². The van der Waals surface area contributed by atoms with Gasteiger partial charge in [-0.25, -0.2) is 16.8 Å². The molecule has 13 heteroatoms. The Bertz CT molecular complexity index is 1730. The summed E-state index contributed by atoms with van der Waals surface area (Å²) < 4.78 is 59.9. The maximum atomic E-state index is 14.3. The highest BCUT2D eigenvalue weighted by molar-refractivity contribution is 7.89. The Morgan fingerprint density at radius 2 is 0.911 bits per heavy atom. The predicted octanol–water partition coefficient (Wildman–Crippen LogP) is 2.31. The molecule has 1 fully saturated rings. The molecule has 1 aliphatic heterocycles. The van der Waals surface area contributed by atoms with Gasteiger partial charge >= 0.3 is 0 Å². The quantitative estimate of drug-likeness (QED) is 0.212. The fourth-order valence-electron chi connectivity index (χ4n) is 5.38. The number of hydrogen-bond acceptors (Lipinski definition) is 7. The van der Waals surface area contributed by atoms with E-state index in [-0.39, 0.29) is 47.1 Å². The number of benzene rings is 4. The summed E-state index contributed by atoms with van der Waals surface area (Å²) in [5.41, 5.74) is 12.5. The number of carbonyl (C=O) groups is 2. The third-order valence-corrected chi connectivity index (χ3v) is 11.5. The van der Waals surface area contributed by atoms with Gasteiger partial charge in [-0.2, -0.15) is 8.61 Å². The van der Waals surface area contributed by atoms with Crippen molar-refractivity contribution in [1.29, 1.82) is 0 Å². The molecule has 234 valence electrons. The van der Waals surface area contributed by atoms with Crippen LogP contribution in [0.2, 0.25) is 0 Å². The Balaban J connectivity index is 1.60. The second-order valence-electron chi connectivity index (χ2n) is 10.6. The third kappa shape index (κ3) is 6.97. The summed E-state index contributed by atoms with van der Waals surface area (Å²) >= 11 is 0. The minimum Gasteiger partial charge on any atom is -0.366 e. The molecule has 2 amide bonds. The van der Waals surface area contributed by atoms with Gasteiger partial charge in [0.25, 0.3) is 0 Å². The van der Waals surface area contributed by atoms with Gasteiger partial charge in [0.15, 0.2) is 0 Å². The van der Waals surface area contributed by atoms with Crippen LogP contribution in [0.5, 0.6) is 0 Å². The first-order chi connectivity index (χ1) is 21.5. The number of carbonyl (C=O) groups excluding carboxylic acids is 2. The van der Waals surface area contributed by atoms with Gasteiger partial charge in [-0.05, 0) is 59.7 Å². The Labute approximate surface area is 262 Å². The third-order valence-electron chi connectivity index (χ3n) is 7.74. The van der Waals surface area contributed by atoms with E-state index in [0.29, 0.717) is 11.1 Å². The highest BCUT2D eigenvalue weighted by Gasteiger charge is 2.45. The number of nitrogens with zero attached hydrogens (tertiary/aromatic N) is 2. The van der Waals surface area contributed by atoms with Crippen molar-refractivity contribution in [2.75, 3.05) is 13.1 Å². The number of sulfonamides is 2. The van der Waals surface area contributed by atoms with Crippen LogP contribution in [0.3, 0.4) is 0 Å². The first kappa shape index (κ1) is 32.0. The standard InChI is InChI=1S/C32H33N5O6S2/c33-31(38)25-11-15-27(16-12-25)44(40,41)36(21-23-7-3-1-4-8-23)29-19-35-20-30(29)37(22-24-9-5-2-6-10-24)45(42,43)28-17-13-26(14-18-28)32(34)39/h1-18,29-30,35H,19-22H2,(H2,33,38)(H2,34,39)/t29-,30-/m0/s1. The van der Waals surface area contributed by atoms with E-state index in [1.54, 1.807) is 48.5 Å². The number of nitrogens with two attached hydrogens (primary N) is 2. The molecule has 0 aliphatic carbocycles. The second kappa shape index (κ2) is 13.3. The molecule has 1 heterocycles. The van der Waals surface area contributed by atoms with Crippen LogP contribution < -0.4 is 16.8 Å². The smallest absolute Gasteiger partial charge is 0.248 e. The molecule has 4 aromatic rings. The fraction of sp³-hybridized carbons (Fsp3) is 0.188. The Kier molecular flexibility index (Phi) is 9.46. The first-order valence-corrected chi connectivity index (χ1v) is 17.0. The Morgan fingerprint density at radius 1 is 0.578 bits per heavy atom. The summed E-state index contributed by atoms with van der Waals surface area (Å²) in [4.78, 5) is 23.2. The Hall–Kier alpha value is -4.40. The van der Waals surface area contributed by atoms with Crippen LogP contribution >= 0.6 is 0 Å². The molecule has 0 spiro atoms. The van der Waals surface area contributed by atoms with Crippen LogP contribution in [0.25, 0.3) is 0 Å². The lowest BCUT2D eigenvalue weighted by molar-refractivity contribution is 0.0992. The van der Waals surface area contributed by atoms with Gasteiger partial charge in [0, 0.05) is 37.3 Å². The van der Waals surface area contributed by atoms with E-state index in [1.807, 2.05) is 12.1 Å². The highest BCUT2D eigenvalue weighted by Crippen LogP contribution is 2.31. The van der Waals surface area contributed by atoms with Gasteiger partial charge in [0.1, 0.15) is 0 Å². The van der Waals surface area contributed by atoms with E-state index in [4.69, 9.17) is 11.5 Å². The molecule has 0 bridgehead atoms. The van der Waals surface area contributed by atoms with Crippen LogP contribution in [0.4, 0.5) is 0 Å². The number of primary amides is 2. The summed E-state index contributed by atoms with van der Waals surface area (Å²) in [5, 5.41) is 3.22. The van der Waals surface area contributed by atoms with Gasteiger partial charge in [0.05, 0.1) is 21.9 Å². The summed E-state index contributed by atoms with van der Waals surface area (Å²) in [6.07, 6.45) is 0. The van der Waals surface area contributed by atoms with Crippen molar-refractivity contribution in [2.45, 2.75) is 35.0 Å². The maximum absolute atomic E-state index is 14.3. The van der Waals surface area contributed by atoms with Crippen LogP contribution in [-0.2, 0) is 33.1 Å². The van der Waals surface area contributed by atoms with Crippen molar-refractivity contribution in [3.8, 4) is 0 Å². The average molecular weight is 648 g/mol. The van der Waals surface area contributed by atoms with Crippen molar-refractivity contribution in [2.24, 2.45) is 11.5 Å². The fourth-order valence-corrected chi connectivity index (χ4v) is 8.66. The van der Waals surface area contributed by atoms with Crippen molar-refractivity contribution < 1.29 is 26.4 Å². The van der Waals surface area contributed by atoms with E-state index in [9.17, 15) is 26.4 Å². The zero-order valence-corrected chi connectivity index (χ0v) is 25.8. The largest absolute Gasteiger partial charge is 0.366 e. The molecule has 1 aliphatic rings. The monoisotopic (exact) mass is 647 g/mol. The normalized spacial score (nSPS) is 17.0. The van der Waals surface area contributed by atoms with E-state index < -0.39 is 43.9 Å². The summed E-state index contributed by atoms with van der Waals surface area (Å²) in [7, 11) is -8.44. The molecule has 4 aromatic carbocycles. The highest BCUT2D eigenvalue weighted by atomic mass is 32.2. The molecular weight excluding hydrogens is 615 g/mol. The number of rotatable bonds is 12. The minimum absolute atomic E-state index is 0.0316. The summed E-state index contributed by atoms with van der Waals surface area (Å²) in [6.45, 7) is 0.293. The molecule has 0 aromatic heterocycles. The SMILES string of the molecule is NC(=O)c1ccc(S(=O)(=O)N(Cc2ccccc2)[C@H]2CNC[C@@H]2N(Cc2ccccc2)S(=O)(=O)c2ccc(C(N)=O)cc2)cc1. The topological polar surface area (TPSA) is 173 Å². The molecular formula is C32H33N5O6S2. The molecule has 5 N–H and O–H groups in total. The molecule has 0 unspecified atom stereocenters. The van der Waals surface area contributed by atoms with E-state index in [1.165, 1.54) is 57.1 Å². The van der Waals surface area contributed by atoms with Crippen LogP contribution in [0.15, 0.2) is 119 Å². The summed E-state index contributed by atoms with van der Waals surface area (Å²) in [6, 6.07) is 27.1. The second-order valence-corrected chi connectivity index (χ2v) is 14.4. The zero-order valence-electron chi connectivity index (χ0n) is 24.2. The molecule has 0 saturated carbocycles. The Morgan fingerprint density at radius 3 is 1.22 bits per heavy atom. The van der Waals surface area contributed by atoms with E-state index in [2.05, 4.69) is 5.32 Å². The lowest BCUT2D eigenvalue weighted by Crippen LogP contribution is -2.54. The molecule has 45 heavy (non-hydrogen) atoms. The van der Waals surface area contributed by atoms with Gasteiger partial charge < -0.3 is 16.8 Å². The average Bonchev–Trinajstić information content (AvgIpc) is 3.52. The van der Waals surface area contributed by atoms with Crippen molar-refractivity contribution in [1.82, 2.24) is 13.9 Å². The van der Waals surface area contributed by atoms with Crippen molar-refractivity contribution in [3.05, 3.63) is 131 Å². The molecule has 11 nitrogen and oxygen atoms in total. The van der Waals surface area contributed by atoms with Crippen LogP contribution in [-0.4, -0.2) is 62.4 Å². The molecule has 5 rings (SSSR count). The maximum Gasteiger partial charge on any atom is 0.248 e. The van der Waals surface area contributed by atoms with Gasteiger partial charge in [-0.1, -0.05) is 60.7 Å². The molecule has 2 atom stereocenters. The van der Waals surface area contributed by atoms with Crippen molar-refractivity contribution in [3.63, 3.8) is 0 Å². The number of nitrogens with one attached hydrogen (secondary N) is 1. The number of hydrogen-bond donors (Lipinski definition) is 3. The first-order valence-electron chi connectivity index (χ1n) is 14.1. The zero-order chi connectivity index (χ0) is 32.2. The van der Waals surface area contributed by atoms with E-state index in [0.717, 1.165) is 0 Å². The van der Waals surface area contributed by atoms with Crippen molar-refractivity contribution >= 4 is 31.9 Å². The summed E-state index contributed by atoms with van der Waals surface area (Å²) in [5.74, 6) is -1.38. The lowest BCUT2D eigenvalue weighted by atomic mass is 10.1. The van der Waals surface area contributed by atoms with E-state index >= 15 is 0 Å². The molecule has 1 saturated heterocycles. The minimum atomic E-state index is -4.22. The lowest BCUT2D eigenvalue weighted by Gasteiger charge is -2.37.